The Labute approximate surface area is 262 Å². The summed E-state index contributed by atoms with van der Waals surface area (Å²) in [5, 5.41) is 6.91. The minimum Gasteiger partial charge on any atom is -0.357 e. The van der Waals surface area contributed by atoms with Gasteiger partial charge in [0.25, 0.3) is 0 Å². The molecule has 9 heteroatoms. The lowest BCUT2D eigenvalue weighted by Crippen LogP contribution is -2.27. The van der Waals surface area contributed by atoms with E-state index in [4.69, 9.17) is 9.97 Å². The molecule has 3 aliphatic heterocycles. The maximum atomic E-state index is 16.5. The fourth-order valence-electron chi connectivity index (χ4n) is 7.75. The summed E-state index contributed by atoms with van der Waals surface area (Å²) < 4.78 is 32.9. The smallest absolute Gasteiger partial charge is 0.156 e. The van der Waals surface area contributed by atoms with Crippen LogP contribution in [0.1, 0.15) is 112 Å². The predicted octanol–water partition coefficient (Wildman–Crippen LogP) is 7.95. The number of hydrogen-bond acceptors (Lipinski definition) is 5. The molecule has 3 fully saturated rings. The van der Waals surface area contributed by atoms with Crippen LogP contribution in [-0.4, -0.2) is 33.0 Å². The minimum atomic E-state index is -0.299. The molecule has 5 heterocycles. The summed E-state index contributed by atoms with van der Waals surface area (Å²) in [6.45, 7) is 8.47. The Hall–Kier alpha value is -3.82. The van der Waals surface area contributed by atoms with Gasteiger partial charge in [-0.05, 0) is 86.9 Å². The van der Waals surface area contributed by atoms with Gasteiger partial charge in [0, 0.05) is 16.8 Å². The van der Waals surface area contributed by atoms with Crippen molar-refractivity contribution in [2.45, 2.75) is 88.9 Å². The number of imidazole rings is 2. The molecule has 0 aliphatic carbocycles. The average molecular weight is 610 g/mol. The van der Waals surface area contributed by atoms with Gasteiger partial charge in [-0.1, -0.05) is 45.0 Å². The summed E-state index contributed by atoms with van der Waals surface area (Å²) in [5.74, 6) is 0.983. The summed E-state index contributed by atoms with van der Waals surface area (Å²) in [4.78, 5) is 18.4. The first kappa shape index (κ1) is 28.6. The van der Waals surface area contributed by atoms with Gasteiger partial charge in [0.05, 0.1) is 35.2 Å². The van der Waals surface area contributed by atoms with E-state index < -0.39 is 0 Å². The van der Waals surface area contributed by atoms with Crippen LogP contribution >= 0.6 is 0 Å². The molecule has 0 radical (unpaired) electrons. The van der Waals surface area contributed by atoms with Crippen LogP contribution in [0.15, 0.2) is 48.5 Å². The molecule has 0 saturated carbocycles. The highest BCUT2D eigenvalue weighted by atomic mass is 19.1. The number of nitrogens with zero attached hydrogens (tertiary/aromatic N) is 3. The Bertz CT molecular complexity index is 1750. The highest BCUT2D eigenvalue weighted by Gasteiger charge is 2.39. The average Bonchev–Trinajstić information content (AvgIpc) is 3.86. The second kappa shape index (κ2) is 10.9. The molecule has 3 aliphatic rings. The zero-order valence-corrected chi connectivity index (χ0v) is 26.2. The molecule has 0 amide bonds. The van der Waals surface area contributed by atoms with Gasteiger partial charge in [0.1, 0.15) is 22.7 Å². The number of aromatic nitrogens is 4. The van der Waals surface area contributed by atoms with Gasteiger partial charge in [-0.25, -0.2) is 18.7 Å². The van der Waals surface area contributed by atoms with Crippen LogP contribution in [0.4, 0.5) is 14.5 Å². The van der Waals surface area contributed by atoms with E-state index in [1.54, 1.807) is 0 Å². The largest absolute Gasteiger partial charge is 0.357 e. The van der Waals surface area contributed by atoms with Crippen molar-refractivity contribution in [2.75, 3.05) is 18.0 Å². The maximum Gasteiger partial charge on any atom is 0.156 e. The molecule has 3 saturated heterocycles. The van der Waals surface area contributed by atoms with Gasteiger partial charge >= 0.3 is 0 Å². The minimum absolute atomic E-state index is 0.00566. The normalized spacial score (nSPS) is 24.1. The molecule has 0 spiro atoms. The van der Waals surface area contributed by atoms with Crippen molar-refractivity contribution in [1.29, 1.82) is 0 Å². The summed E-state index contributed by atoms with van der Waals surface area (Å²) in [7, 11) is 0. The standard InChI is InChI=1S/C36H41F2N7/c1-36(2,3)20-8-10-21(11-9-20)45-28(22-12-14-24-32(30(22)37)43-34(41-24)26-6-4-18-39-26)16-17-29(45)23-13-15-25-33(31(23)38)44-35(42-25)27-7-5-19-40-27/h8-15,26-29,39-40H,4-7,16-19H2,1-3H3,(H,41,43)(H,42,44)/t26-,27-,28-,29+/m0/s1. The van der Waals surface area contributed by atoms with Crippen molar-refractivity contribution >= 4 is 27.8 Å². The van der Waals surface area contributed by atoms with Crippen molar-refractivity contribution in [1.82, 2.24) is 30.6 Å². The number of H-pyrrole nitrogens is 2. The summed E-state index contributed by atoms with van der Waals surface area (Å²) in [6, 6.07) is 15.9. The molecule has 5 aromatic rings. The molecular formula is C36H41F2N7. The molecule has 7 nitrogen and oxygen atoms in total. The highest BCUT2D eigenvalue weighted by molar-refractivity contribution is 5.79. The SMILES string of the molecule is CC(C)(C)c1ccc(N2[C@@H](c3ccc4[nH]c([C@@H]5CCCN5)nc4c3F)CC[C@H]2c2ccc3[nH]c([C@@H]4CCCN4)nc3c2F)cc1. The van der Waals surface area contributed by atoms with E-state index in [1.807, 2.05) is 24.3 Å². The molecule has 45 heavy (non-hydrogen) atoms. The number of nitrogens with one attached hydrogen (secondary N) is 4. The zero-order valence-electron chi connectivity index (χ0n) is 26.2. The van der Waals surface area contributed by atoms with Crippen molar-refractivity contribution in [3.8, 4) is 0 Å². The van der Waals surface area contributed by atoms with Crippen molar-refractivity contribution in [3.63, 3.8) is 0 Å². The summed E-state index contributed by atoms with van der Waals surface area (Å²) in [5.41, 5.74) is 5.51. The van der Waals surface area contributed by atoms with Crippen LogP contribution in [0.25, 0.3) is 22.1 Å². The third-order valence-corrected chi connectivity index (χ3v) is 10.2. The van der Waals surface area contributed by atoms with Crippen LogP contribution in [-0.2, 0) is 5.41 Å². The third kappa shape index (κ3) is 4.91. The molecule has 8 rings (SSSR count). The van der Waals surface area contributed by atoms with Crippen LogP contribution in [0.3, 0.4) is 0 Å². The van der Waals surface area contributed by atoms with E-state index in [-0.39, 0.29) is 41.2 Å². The van der Waals surface area contributed by atoms with Gasteiger partial charge in [-0.15, -0.1) is 0 Å². The first-order valence-electron chi connectivity index (χ1n) is 16.5. The topological polar surface area (TPSA) is 84.7 Å². The Morgan fingerprint density at radius 2 is 1.16 bits per heavy atom. The maximum absolute atomic E-state index is 16.5. The van der Waals surface area contributed by atoms with Crippen LogP contribution < -0.4 is 15.5 Å². The van der Waals surface area contributed by atoms with E-state index in [9.17, 15) is 0 Å². The van der Waals surface area contributed by atoms with E-state index in [2.05, 4.69) is 70.5 Å². The highest BCUT2D eigenvalue weighted by Crippen LogP contribution is 2.49. The summed E-state index contributed by atoms with van der Waals surface area (Å²) in [6.07, 6.45) is 5.52. The van der Waals surface area contributed by atoms with Gasteiger partial charge in [0.2, 0.25) is 0 Å². The molecule has 2 aromatic heterocycles. The zero-order chi connectivity index (χ0) is 30.9. The Morgan fingerprint density at radius 1 is 0.667 bits per heavy atom. The number of rotatable bonds is 5. The van der Waals surface area contributed by atoms with E-state index in [1.165, 1.54) is 5.56 Å². The van der Waals surface area contributed by atoms with E-state index >= 15 is 8.78 Å². The lowest BCUT2D eigenvalue weighted by molar-refractivity contribution is 0.567. The fraction of sp³-hybridized carbons (Fsp3) is 0.444. The van der Waals surface area contributed by atoms with Gasteiger partial charge in [0.15, 0.2) is 11.6 Å². The first-order valence-corrected chi connectivity index (χ1v) is 16.5. The molecule has 4 N–H and O–H groups in total. The van der Waals surface area contributed by atoms with Crippen LogP contribution in [0.5, 0.6) is 0 Å². The fourth-order valence-corrected chi connectivity index (χ4v) is 7.75. The quantitative estimate of drug-likeness (QED) is 0.163. The van der Waals surface area contributed by atoms with Gasteiger partial charge in [-0.2, -0.15) is 0 Å². The Morgan fingerprint density at radius 3 is 1.58 bits per heavy atom. The first-order chi connectivity index (χ1) is 21.8. The van der Waals surface area contributed by atoms with E-state index in [0.29, 0.717) is 46.0 Å². The predicted molar refractivity (Wildman–Crippen MR) is 174 cm³/mol. The second-order valence-electron chi connectivity index (χ2n) is 14.1. The number of halogens is 2. The second-order valence-corrected chi connectivity index (χ2v) is 14.1. The number of fused-ring (bicyclic) bond motifs is 2. The molecule has 4 atom stereocenters. The summed E-state index contributed by atoms with van der Waals surface area (Å²) >= 11 is 0. The third-order valence-electron chi connectivity index (χ3n) is 10.2. The van der Waals surface area contributed by atoms with Gasteiger partial charge < -0.3 is 25.5 Å². The lowest BCUT2D eigenvalue weighted by atomic mass is 9.87. The lowest BCUT2D eigenvalue weighted by Gasteiger charge is -2.34. The monoisotopic (exact) mass is 609 g/mol. The molecule has 0 unspecified atom stereocenters. The Kier molecular flexibility index (Phi) is 6.95. The number of anilines is 1. The van der Waals surface area contributed by atoms with Crippen molar-refractivity contribution in [3.05, 3.63) is 88.5 Å². The van der Waals surface area contributed by atoms with Gasteiger partial charge in [-0.3, -0.25) is 0 Å². The van der Waals surface area contributed by atoms with Crippen molar-refractivity contribution in [2.24, 2.45) is 0 Å². The Balaban J connectivity index is 1.21. The number of aromatic amines is 2. The molecule has 3 aromatic carbocycles. The molecule has 0 bridgehead atoms. The van der Waals surface area contributed by atoms with Crippen LogP contribution in [0, 0.1) is 11.6 Å². The van der Waals surface area contributed by atoms with E-state index in [0.717, 1.165) is 56.1 Å². The molecular weight excluding hydrogens is 568 g/mol. The number of hydrogen-bond donors (Lipinski definition) is 4. The number of benzene rings is 3. The molecule has 234 valence electrons. The van der Waals surface area contributed by atoms with Crippen LogP contribution in [0.2, 0.25) is 0 Å². The van der Waals surface area contributed by atoms with Crippen molar-refractivity contribution < 1.29 is 8.78 Å².